The van der Waals surface area contributed by atoms with Crippen LogP contribution in [0.2, 0.25) is 0 Å². The van der Waals surface area contributed by atoms with Gasteiger partial charge in [0.25, 0.3) is 0 Å². The van der Waals surface area contributed by atoms with E-state index in [4.69, 9.17) is 15.6 Å². The maximum atomic E-state index is 13.3. The number of aliphatic hydroxyl groups excluding tert-OH is 2. The van der Waals surface area contributed by atoms with Gasteiger partial charge in [-0.3, -0.25) is 4.57 Å². The molecule has 0 radical (unpaired) electrons. The van der Waals surface area contributed by atoms with Crippen LogP contribution in [0.5, 0.6) is 0 Å². The zero-order valence-electron chi connectivity index (χ0n) is 10.9. The van der Waals surface area contributed by atoms with Gasteiger partial charge < -0.3 is 20.7 Å². The summed E-state index contributed by atoms with van der Waals surface area (Å²) in [6, 6.07) is 1.36. The minimum atomic E-state index is -2.53. The smallest absolute Gasteiger partial charge is 0.351 e. The van der Waals surface area contributed by atoms with Gasteiger partial charge in [-0.1, -0.05) is 6.58 Å². The third kappa shape index (κ3) is 3.31. The summed E-state index contributed by atoms with van der Waals surface area (Å²) < 4.78 is 19.6. The molecule has 0 aliphatic rings. The van der Waals surface area contributed by atoms with E-state index in [1.54, 1.807) is 0 Å². The summed E-state index contributed by atoms with van der Waals surface area (Å²) in [7, 11) is 0. The first-order valence-electron chi connectivity index (χ1n) is 5.68. The van der Waals surface area contributed by atoms with Crippen LogP contribution in [-0.2, 0) is 4.74 Å². The number of hydrogen-bond acceptors (Lipinski definition) is 6. The molecule has 0 aliphatic carbocycles. The molecule has 0 amide bonds. The molecule has 4 N–H and O–H groups in total. The van der Waals surface area contributed by atoms with E-state index in [-0.39, 0.29) is 5.82 Å². The Morgan fingerprint density at radius 3 is 2.90 bits per heavy atom. The van der Waals surface area contributed by atoms with Crippen molar-refractivity contribution in [1.29, 1.82) is 0 Å². The number of anilines is 1. The van der Waals surface area contributed by atoms with Gasteiger partial charge in [-0.25, -0.2) is 9.18 Å². The quantitative estimate of drug-likeness (QED) is 0.620. The summed E-state index contributed by atoms with van der Waals surface area (Å²) in [5.74, 6) is 0.0309. The van der Waals surface area contributed by atoms with Crippen LogP contribution >= 0.6 is 0 Å². The Morgan fingerprint density at radius 2 is 2.45 bits per heavy atom. The summed E-state index contributed by atoms with van der Waals surface area (Å²) >= 11 is 0. The van der Waals surface area contributed by atoms with Crippen molar-refractivity contribution in [1.82, 2.24) is 9.55 Å². The number of hydrogen-bond donors (Lipinski definition) is 3. The van der Waals surface area contributed by atoms with Gasteiger partial charge in [0, 0.05) is 6.20 Å². The minimum absolute atomic E-state index is 0.0309. The first kappa shape index (κ1) is 16.1. The first-order chi connectivity index (χ1) is 9.36. The van der Waals surface area contributed by atoms with Gasteiger partial charge in [-0.05, 0) is 19.1 Å². The summed E-state index contributed by atoms with van der Waals surface area (Å²) in [5.41, 5.74) is 4.81. The lowest BCUT2D eigenvalue weighted by Crippen LogP contribution is -2.46. The van der Waals surface area contributed by atoms with Crippen LogP contribution in [0.3, 0.4) is 0 Å². The minimum Gasteiger partial charge on any atom is -0.393 e. The SMILES string of the molecule is C=C=C[C@](CO)(O[C@H](C)n1ccc(N)nc1=O)[C@@H](O)F. The maximum absolute atomic E-state index is 13.3. The Morgan fingerprint density at radius 1 is 1.80 bits per heavy atom. The van der Waals surface area contributed by atoms with Crippen molar-refractivity contribution < 1.29 is 19.3 Å². The predicted octanol–water partition coefficient (Wildman–Crippen LogP) is -0.279. The summed E-state index contributed by atoms with van der Waals surface area (Å²) in [6.07, 6.45) is -1.29. The van der Waals surface area contributed by atoms with E-state index < -0.39 is 30.5 Å². The fraction of sp³-hybridized carbons (Fsp3) is 0.417. The molecule has 1 rings (SSSR count). The largest absolute Gasteiger partial charge is 0.393 e. The molecule has 1 heterocycles. The molecule has 1 aromatic rings. The van der Waals surface area contributed by atoms with Crippen LogP contribution in [0, 0.1) is 0 Å². The van der Waals surface area contributed by atoms with Crippen molar-refractivity contribution >= 4 is 5.82 Å². The number of aliphatic hydroxyl groups is 2. The van der Waals surface area contributed by atoms with Gasteiger partial charge in [0.1, 0.15) is 12.0 Å². The van der Waals surface area contributed by atoms with Gasteiger partial charge >= 0.3 is 5.69 Å². The molecule has 0 saturated heterocycles. The molecule has 8 heteroatoms. The van der Waals surface area contributed by atoms with Gasteiger partial charge in [0.2, 0.25) is 6.36 Å². The second-order valence-corrected chi connectivity index (χ2v) is 4.06. The lowest BCUT2D eigenvalue weighted by Gasteiger charge is -2.32. The number of alkyl halides is 1. The molecular formula is C12H16FN3O4. The highest BCUT2D eigenvalue weighted by Crippen LogP contribution is 2.24. The molecule has 0 bridgehead atoms. The Hall–Kier alpha value is -1.99. The zero-order valence-corrected chi connectivity index (χ0v) is 10.9. The van der Waals surface area contributed by atoms with Crippen molar-refractivity contribution in [2.45, 2.75) is 25.1 Å². The Kier molecular flexibility index (Phi) is 5.18. The van der Waals surface area contributed by atoms with Crippen molar-refractivity contribution in [2.24, 2.45) is 0 Å². The first-order valence-corrected chi connectivity index (χ1v) is 5.68. The topological polar surface area (TPSA) is 111 Å². The van der Waals surface area contributed by atoms with E-state index in [9.17, 15) is 14.3 Å². The molecule has 0 fully saturated rings. The number of nitrogens with two attached hydrogens (primary N) is 1. The van der Waals surface area contributed by atoms with E-state index >= 15 is 0 Å². The monoisotopic (exact) mass is 285 g/mol. The lowest BCUT2D eigenvalue weighted by molar-refractivity contribution is -0.201. The molecule has 0 unspecified atom stereocenters. The van der Waals surface area contributed by atoms with Gasteiger partial charge in [0.15, 0.2) is 5.60 Å². The highest BCUT2D eigenvalue weighted by molar-refractivity contribution is 5.23. The van der Waals surface area contributed by atoms with E-state index in [1.165, 1.54) is 19.2 Å². The lowest BCUT2D eigenvalue weighted by atomic mass is 10.1. The molecular weight excluding hydrogens is 269 g/mol. The van der Waals surface area contributed by atoms with Crippen molar-refractivity contribution in [2.75, 3.05) is 12.3 Å². The number of nitrogen functional groups attached to an aromatic ring is 1. The number of aromatic nitrogens is 2. The summed E-state index contributed by atoms with van der Waals surface area (Å²) in [6.45, 7) is 3.79. The number of nitrogens with zero attached hydrogens (tertiary/aromatic N) is 2. The van der Waals surface area contributed by atoms with Gasteiger partial charge in [-0.15, -0.1) is 5.73 Å². The normalized spacial score (nSPS) is 16.8. The Labute approximate surface area is 114 Å². The Balaban J connectivity index is 3.11. The molecule has 7 nitrogen and oxygen atoms in total. The van der Waals surface area contributed by atoms with Crippen LogP contribution in [-0.4, -0.2) is 38.3 Å². The van der Waals surface area contributed by atoms with Gasteiger partial charge in [0.05, 0.1) is 6.61 Å². The van der Waals surface area contributed by atoms with E-state index in [2.05, 4.69) is 17.3 Å². The molecule has 0 aliphatic heterocycles. The van der Waals surface area contributed by atoms with Crippen molar-refractivity contribution in [3.8, 4) is 0 Å². The van der Waals surface area contributed by atoms with Crippen LogP contribution in [0.1, 0.15) is 13.2 Å². The second-order valence-electron chi connectivity index (χ2n) is 4.06. The van der Waals surface area contributed by atoms with Crippen LogP contribution in [0.4, 0.5) is 10.2 Å². The third-order valence-corrected chi connectivity index (χ3v) is 2.63. The number of halogens is 1. The van der Waals surface area contributed by atoms with E-state index in [0.717, 1.165) is 10.6 Å². The van der Waals surface area contributed by atoms with Crippen LogP contribution in [0.25, 0.3) is 0 Å². The van der Waals surface area contributed by atoms with Crippen molar-refractivity contribution in [3.63, 3.8) is 0 Å². The molecule has 20 heavy (non-hydrogen) atoms. The van der Waals surface area contributed by atoms with Crippen LogP contribution in [0.15, 0.2) is 35.4 Å². The fourth-order valence-electron chi connectivity index (χ4n) is 1.57. The third-order valence-electron chi connectivity index (χ3n) is 2.63. The van der Waals surface area contributed by atoms with Crippen LogP contribution < -0.4 is 11.4 Å². The maximum Gasteiger partial charge on any atom is 0.351 e. The second kappa shape index (κ2) is 6.44. The predicted molar refractivity (Wildman–Crippen MR) is 69.3 cm³/mol. The highest BCUT2D eigenvalue weighted by Gasteiger charge is 2.39. The zero-order chi connectivity index (χ0) is 15.3. The molecule has 110 valence electrons. The standard InChI is InChI=1S/C12H16FN3O4/c1-3-5-12(7-17,10(13)18)20-8(2)16-6-4-9(14)15-11(16)19/h4-6,8,10,17-18H,1,7H2,2H3,(H2,14,15,19)/t8-,10-,12-/m1/s1. The molecule has 0 saturated carbocycles. The average Bonchev–Trinajstić information content (AvgIpc) is 2.37. The molecule has 0 spiro atoms. The van der Waals surface area contributed by atoms with E-state index in [0.29, 0.717) is 0 Å². The highest BCUT2D eigenvalue weighted by atomic mass is 19.1. The van der Waals surface area contributed by atoms with E-state index in [1.807, 2.05) is 0 Å². The van der Waals surface area contributed by atoms with Gasteiger partial charge in [-0.2, -0.15) is 4.98 Å². The summed E-state index contributed by atoms with van der Waals surface area (Å²) in [4.78, 5) is 15.1. The Bertz CT molecular complexity index is 568. The number of rotatable bonds is 6. The van der Waals surface area contributed by atoms with Crippen molar-refractivity contribution in [3.05, 3.63) is 41.1 Å². The number of ether oxygens (including phenoxy) is 1. The molecule has 3 atom stereocenters. The summed E-state index contributed by atoms with van der Waals surface area (Å²) in [5, 5.41) is 18.4. The molecule has 0 aromatic carbocycles. The molecule has 1 aromatic heterocycles. The fourth-order valence-corrected chi connectivity index (χ4v) is 1.57. The average molecular weight is 285 g/mol.